The quantitative estimate of drug-likeness (QED) is 0.779. The average Bonchev–Trinajstić information content (AvgIpc) is 2.65. The summed E-state index contributed by atoms with van der Waals surface area (Å²) in [6, 6.07) is 5.05. The third-order valence-corrected chi connectivity index (χ3v) is 1.95. The molecule has 0 spiro atoms. The molecule has 0 aromatic carbocycles. The topological polar surface area (TPSA) is 77.0 Å². The Balaban J connectivity index is 2.05. The van der Waals surface area contributed by atoms with Gasteiger partial charge in [0, 0.05) is 17.8 Å². The Kier molecular flexibility index (Phi) is 2.73. The van der Waals surface area contributed by atoms with Gasteiger partial charge in [0.05, 0.1) is 6.54 Å². The lowest BCUT2D eigenvalue weighted by atomic mass is 10.4. The molecule has 0 unspecified atom stereocenters. The fraction of sp³-hybridized carbons (Fsp3) is 0.111. The van der Waals surface area contributed by atoms with E-state index in [1.165, 1.54) is 6.26 Å². The zero-order chi connectivity index (χ0) is 10.7. The van der Waals surface area contributed by atoms with Gasteiger partial charge in [-0.3, -0.25) is 0 Å². The SMILES string of the molecule is Nc1cc(Cl)nc(NCc2ccon2)c1. The number of nitrogens with two attached hydrogens (primary N) is 1. The van der Waals surface area contributed by atoms with Crippen molar-refractivity contribution >= 4 is 23.1 Å². The van der Waals surface area contributed by atoms with Gasteiger partial charge in [0.1, 0.15) is 22.9 Å². The van der Waals surface area contributed by atoms with Gasteiger partial charge >= 0.3 is 0 Å². The first-order valence-electron chi connectivity index (χ1n) is 4.30. The summed E-state index contributed by atoms with van der Waals surface area (Å²) in [7, 11) is 0. The van der Waals surface area contributed by atoms with Crippen LogP contribution in [-0.2, 0) is 6.54 Å². The van der Waals surface area contributed by atoms with Gasteiger partial charge in [0.15, 0.2) is 0 Å². The van der Waals surface area contributed by atoms with E-state index in [9.17, 15) is 0 Å². The summed E-state index contributed by atoms with van der Waals surface area (Å²) in [5.41, 5.74) is 6.96. The van der Waals surface area contributed by atoms with Crippen LogP contribution in [0, 0.1) is 0 Å². The van der Waals surface area contributed by atoms with Crippen molar-refractivity contribution in [3.8, 4) is 0 Å². The van der Waals surface area contributed by atoms with Crippen molar-refractivity contribution in [1.29, 1.82) is 0 Å². The molecular weight excluding hydrogens is 216 g/mol. The van der Waals surface area contributed by atoms with Gasteiger partial charge in [-0.15, -0.1) is 0 Å². The Morgan fingerprint density at radius 3 is 3.00 bits per heavy atom. The van der Waals surface area contributed by atoms with Gasteiger partial charge in [-0.2, -0.15) is 0 Å². The maximum atomic E-state index is 5.75. The van der Waals surface area contributed by atoms with Gasteiger partial charge < -0.3 is 15.6 Å². The van der Waals surface area contributed by atoms with Crippen LogP contribution >= 0.6 is 11.6 Å². The highest BCUT2D eigenvalue weighted by Crippen LogP contribution is 2.16. The largest absolute Gasteiger partial charge is 0.399 e. The maximum Gasteiger partial charge on any atom is 0.133 e. The van der Waals surface area contributed by atoms with Gasteiger partial charge in [-0.1, -0.05) is 16.8 Å². The lowest BCUT2D eigenvalue weighted by Gasteiger charge is -2.04. The number of nitrogens with zero attached hydrogens (tertiary/aromatic N) is 2. The second kappa shape index (κ2) is 4.18. The molecule has 2 aromatic heterocycles. The van der Waals surface area contributed by atoms with Crippen LogP contribution in [0.2, 0.25) is 5.15 Å². The summed E-state index contributed by atoms with van der Waals surface area (Å²) < 4.78 is 4.69. The molecule has 0 aliphatic heterocycles. The molecule has 2 heterocycles. The molecule has 0 atom stereocenters. The van der Waals surface area contributed by atoms with E-state index in [0.29, 0.717) is 23.2 Å². The Morgan fingerprint density at radius 2 is 2.33 bits per heavy atom. The lowest BCUT2D eigenvalue weighted by Crippen LogP contribution is -2.02. The van der Waals surface area contributed by atoms with Crippen LogP contribution in [-0.4, -0.2) is 10.1 Å². The van der Waals surface area contributed by atoms with Crippen LogP contribution in [0.3, 0.4) is 0 Å². The number of rotatable bonds is 3. The van der Waals surface area contributed by atoms with Crippen molar-refractivity contribution in [3.05, 3.63) is 35.3 Å². The van der Waals surface area contributed by atoms with Crippen LogP contribution < -0.4 is 11.1 Å². The molecule has 6 heteroatoms. The zero-order valence-corrected chi connectivity index (χ0v) is 8.53. The molecule has 0 saturated carbocycles. The Bertz CT molecular complexity index is 423. The number of pyridine rings is 1. The molecular formula is C9H9ClN4O. The van der Waals surface area contributed by atoms with Gasteiger partial charge in [0.25, 0.3) is 0 Å². The van der Waals surface area contributed by atoms with Crippen molar-refractivity contribution in [1.82, 2.24) is 10.1 Å². The molecule has 0 fully saturated rings. The fourth-order valence-electron chi connectivity index (χ4n) is 1.12. The van der Waals surface area contributed by atoms with Gasteiger partial charge in [-0.25, -0.2) is 4.98 Å². The smallest absolute Gasteiger partial charge is 0.133 e. The number of aromatic nitrogens is 2. The molecule has 0 saturated heterocycles. The van der Waals surface area contributed by atoms with E-state index in [-0.39, 0.29) is 0 Å². The van der Waals surface area contributed by atoms with Crippen molar-refractivity contribution in [2.75, 3.05) is 11.1 Å². The number of anilines is 2. The van der Waals surface area contributed by atoms with Gasteiger partial charge in [-0.05, 0) is 6.07 Å². The van der Waals surface area contributed by atoms with Gasteiger partial charge in [0.2, 0.25) is 0 Å². The van der Waals surface area contributed by atoms with E-state index in [0.717, 1.165) is 5.69 Å². The van der Waals surface area contributed by atoms with Crippen LogP contribution in [0.1, 0.15) is 5.69 Å². The lowest BCUT2D eigenvalue weighted by molar-refractivity contribution is 0.412. The summed E-state index contributed by atoms with van der Waals surface area (Å²) >= 11 is 5.75. The van der Waals surface area contributed by atoms with E-state index >= 15 is 0 Å². The Morgan fingerprint density at radius 1 is 1.47 bits per heavy atom. The van der Waals surface area contributed by atoms with E-state index in [2.05, 4.69) is 20.0 Å². The molecule has 15 heavy (non-hydrogen) atoms. The summed E-state index contributed by atoms with van der Waals surface area (Å²) in [4.78, 5) is 4.05. The van der Waals surface area contributed by atoms with E-state index < -0.39 is 0 Å². The molecule has 0 aliphatic rings. The second-order valence-corrected chi connectivity index (χ2v) is 3.34. The summed E-state index contributed by atoms with van der Waals surface area (Å²) in [5.74, 6) is 0.614. The number of halogens is 1. The molecule has 2 aromatic rings. The van der Waals surface area contributed by atoms with E-state index in [1.807, 2.05) is 0 Å². The predicted molar refractivity (Wildman–Crippen MR) is 57.5 cm³/mol. The maximum absolute atomic E-state index is 5.75. The Hall–Kier alpha value is -1.75. The Labute approximate surface area is 91.2 Å². The number of hydrogen-bond acceptors (Lipinski definition) is 5. The molecule has 78 valence electrons. The first kappa shape index (κ1) is 9.79. The third kappa shape index (κ3) is 2.60. The molecule has 2 rings (SSSR count). The zero-order valence-electron chi connectivity index (χ0n) is 7.77. The first-order valence-corrected chi connectivity index (χ1v) is 4.68. The van der Waals surface area contributed by atoms with Crippen LogP contribution in [0.25, 0.3) is 0 Å². The van der Waals surface area contributed by atoms with E-state index in [4.69, 9.17) is 17.3 Å². The minimum absolute atomic E-state index is 0.359. The van der Waals surface area contributed by atoms with Crippen LogP contribution in [0.15, 0.2) is 29.0 Å². The summed E-state index contributed by atoms with van der Waals surface area (Å²) in [6.07, 6.45) is 1.51. The number of hydrogen-bond donors (Lipinski definition) is 2. The minimum atomic E-state index is 0.359. The average molecular weight is 225 g/mol. The molecule has 5 nitrogen and oxygen atoms in total. The van der Waals surface area contributed by atoms with Crippen molar-refractivity contribution in [2.45, 2.75) is 6.54 Å². The molecule has 0 aliphatic carbocycles. The van der Waals surface area contributed by atoms with E-state index in [1.54, 1.807) is 18.2 Å². The second-order valence-electron chi connectivity index (χ2n) is 2.95. The third-order valence-electron chi connectivity index (χ3n) is 1.76. The predicted octanol–water partition coefficient (Wildman–Crippen LogP) is 1.92. The first-order chi connectivity index (χ1) is 7.24. The fourth-order valence-corrected chi connectivity index (χ4v) is 1.33. The minimum Gasteiger partial charge on any atom is -0.399 e. The van der Waals surface area contributed by atoms with Crippen molar-refractivity contribution in [2.24, 2.45) is 0 Å². The normalized spacial score (nSPS) is 10.2. The number of nitrogen functional groups attached to an aromatic ring is 1. The summed E-state index contributed by atoms with van der Waals surface area (Å²) in [6.45, 7) is 0.517. The van der Waals surface area contributed by atoms with Crippen LogP contribution in [0.4, 0.5) is 11.5 Å². The highest BCUT2D eigenvalue weighted by molar-refractivity contribution is 6.29. The highest BCUT2D eigenvalue weighted by Gasteiger charge is 2.00. The monoisotopic (exact) mass is 224 g/mol. The molecule has 0 amide bonds. The molecule has 0 bridgehead atoms. The van der Waals surface area contributed by atoms with Crippen molar-refractivity contribution < 1.29 is 4.52 Å². The van der Waals surface area contributed by atoms with Crippen LogP contribution in [0.5, 0.6) is 0 Å². The highest BCUT2D eigenvalue weighted by atomic mass is 35.5. The molecule has 3 N–H and O–H groups in total. The summed E-state index contributed by atoms with van der Waals surface area (Å²) in [5, 5.41) is 7.14. The number of nitrogens with one attached hydrogen (secondary N) is 1. The van der Waals surface area contributed by atoms with Crippen molar-refractivity contribution in [3.63, 3.8) is 0 Å². The molecule has 0 radical (unpaired) electrons. The standard InChI is InChI=1S/C9H9ClN4O/c10-8-3-6(11)4-9(13-8)12-5-7-1-2-15-14-7/h1-4H,5H2,(H3,11,12,13).